The lowest BCUT2D eigenvalue weighted by molar-refractivity contribution is 0.0667. The molecule has 1 aromatic heterocycles. The molecule has 0 amide bonds. The summed E-state index contributed by atoms with van der Waals surface area (Å²) in [5, 5.41) is 11.7. The summed E-state index contributed by atoms with van der Waals surface area (Å²) in [6.45, 7) is 4.79. The number of anilines is 2. The van der Waals surface area contributed by atoms with E-state index in [-0.39, 0.29) is 18.4 Å². The largest absolute Gasteiger partial charge is 0.369 e. The Balaban J connectivity index is 1.69. The van der Waals surface area contributed by atoms with Crippen LogP contribution in [-0.2, 0) is 11.3 Å². The molecule has 0 bridgehead atoms. The number of nitrogens with zero attached hydrogens (tertiary/aromatic N) is 3. The van der Waals surface area contributed by atoms with Crippen molar-refractivity contribution in [3.05, 3.63) is 59.9 Å². The fraction of sp³-hybridized carbons (Fsp3) is 0.250. The van der Waals surface area contributed by atoms with E-state index in [2.05, 4.69) is 29.4 Å². The van der Waals surface area contributed by atoms with E-state index in [0.717, 1.165) is 33.9 Å². The van der Waals surface area contributed by atoms with Gasteiger partial charge in [0.15, 0.2) is 11.6 Å². The summed E-state index contributed by atoms with van der Waals surface area (Å²) in [6.07, 6.45) is 1.74. The summed E-state index contributed by atoms with van der Waals surface area (Å²) in [5.74, 6) is 0.827. The van der Waals surface area contributed by atoms with Crippen molar-refractivity contribution in [3.63, 3.8) is 0 Å². The first-order chi connectivity index (χ1) is 12.6. The SMILES string of the molecule is CC(C)n1cnnc1-c1cccc(Nc2cccc3c2C(=O)COC3)c1. The van der Waals surface area contributed by atoms with Gasteiger partial charge in [-0.1, -0.05) is 24.3 Å². The highest BCUT2D eigenvalue weighted by atomic mass is 16.5. The van der Waals surface area contributed by atoms with Gasteiger partial charge >= 0.3 is 0 Å². The molecule has 2 aromatic carbocycles. The van der Waals surface area contributed by atoms with E-state index in [1.165, 1.54) is 0 Å². The number of ketones is 1. The first kappa shape index (κ1) is 16.5. The molecular formula is C20H20N4O2. The predicted octanol–water partition coefficient (Wildman–Crippen LogP) is 3.98. The van der Waals surface area contributed by atoms with Crippen LogP contribution in [0.15, 0.2) is 48.8 Å². The van der Waals surface area contributed by atoms with Crippen LogP contribution in [0.25, 0.3) is 11.4 Å². The Labute approximate surface area is 151 Å². The molecule has 26 heavy (non-hydrogen) atoms. The number of aromatic nitrogens is 3. The first-order valence-corrected chi connectivity index (χ1v) is 8.63. The fourth-order valence-corrected chi connectivity index (χ4v) is 3.20. The second kappa shape index (κ2) is 6.72. The number of Topliss-reactive ketones (excluding diaryl/α,β-unsaturated/α-hetero) is 1. The van der Waals surface area contributed by atoms with E-state index in [1.54, 1.807) is 6.33 Å². The Morgan fingerprint density at radius 3 is 2.85 bits per heavy atom. The molecule has 1 N–H and O–H groups in total. The Kier molecular flexibility index (Phi) is 4.26. The van der Waals surface area contributed by atoms with Crippen molar-refractivity contribution in [2.24, 2.45) is 0 Å². The maximum Gasteiger partial charge on any atom is 0.190 e. The fourth-order valence-electron chi connectivity index (χ4n) is 3.20. The third kappa shape index (κ3) is 2.99. The summed E-state index contributed by atoms with van der Waals surface area (Å²) in [4.78, 5) is 12.3. The molecule has 3 aromatic rings. The van der Waals surface area contributed by atoms with E-state index in [9.17, 15) is 4.79 Å². The smallest absolute Gasteiger partial charge is 0.190 e. The molecular weight excluding hydrogens is 328 g/mol. The van der Waals surface area contributed by atoms with Gasteiger partial charge in [0.25, 0.3) is 0 Å². The molecule has 6 nitrogen and oxygen atoms in total. The molecule has 0 aliphatic carbocycles. The van der Waals surface area contributed by atoms with Crippen molar-refractivity contribution < 1.29 is 9.53 Å². The zero-order chi connectivity index (χ0) is 18.1. The van der Waals surface area contributed by atoms with Gasteiger partial charge in [0.05, 0.1) is 6.61 Å². The number of carbonyl (C=O) groups excluding carboxylic acids is 1. The third-order valence-electron chi connectivity index (χ3n) is 4.45. The molecule has 0 radical (unpaired) electrons. The van der Waals surface area contributed by atoms with Crippen LogP contribution in [0.2, 0.25) is 0 Å². The number of hydrogen-bond acceptors (Lipinski definition) is 5. The number of fused-ring (bicyclic) bond motifs is 1. The molecule has 1 aliphatic rings. The molecule has 0 saturated heterocycles. The number of hydrogen-bond donors (Lipinski definition) is 1. The van der Waals surface area contributed by atoms with Gasteiger partial charge in [-0.05, 0) is 37.6 Å². The van der Waals surface area contributed by atoms with Gasteiger partial charge in [-0.3, -0.25) is 4.79 Å². The van der Waals surface area contributed by atoms with Gasteiger partial charge < -0.3 is 14.6 Å². The minimum atomic E-state index is 0.00468. The van der Waals surface area contributed by atoms with E-state index in [0.29, 0.717) is 6.61 Å². The summed E-state index contributed by atoms with van der Waals surface area (Å²) in [5.41, 5.74) is 4.31. The molecule has 0 unspecified atom stereocenters. The van der Waals surface area contributed by atoms with Crippen LogP contribution in [0, 0.1) is 0 Å². The number of carbonyl (C=O) groups is 1. The van der Waals surface area contributed by atoms with Crippen molar-refractivity contribution in [3.8, 4) is 11.4 Å². The van der Waals surface area contributed by atoms with Gasteiger partial charge in [0.1, 0.15) is 12.9 Å². The van der Waals surface area contributed by atoms with E-state index >= 15 is 0 Å². The van der Waals surface area contributed by atoms with Crippen LogP contribution in [0.3, 0.4) is 0 Å². The average molecular weight is 348 g/mol. The van der Waals surface area contributed by atoms with Crippen LogP contribution in [0.5, 0.6) is 0 Å². The van der Waals surface area contributed by atoms with E-state index in [1.807, 2.05) is 47.0 Å². The minimum absolute atomic E-state index is 0.00468. The molecule has 0 spiro atoms. The maximum absolute atomic E-state index is 12.3. The van der Waals surface area contributed by atoms with Gasteiger partial charge in [-0.15, -0.1) is 10.2 Å². The Bertz CT molecular complexity index is 962. The number of nitrogens with one attached hydrogen (secondary N) is 1. The molecule has 4 rings (SSSR count). The zero-order valence-electron chi connectivity index (χ0n) is 14.8. The zero-order valence-corrected chi connectivity index (χ0v) is 14.8. The molecule has 2 heterocycles. The Hall–Kier alpha value is -2.99. The van der Waals surface area contributed by atoms with Crippen LogP contribution in [-0.4, -0.2) is 27.2 Å². The second-order valence-corrected chi connectivity index (χ2v) is 6.62. The second-order valence-electron chi connectivity index (χ2n) is 6.62. The highest BCUT2D eigenvalue weighted by Crippen LogP contribution is 2.29. The highest BCUT2D eigenvalue weighted by molar-refractivity contribution is 6.04. The van der Waals surface area contributed by atoms with Crippen LogP contribution < -0.4 is 5.32 Å². The van der Waals surface area contributed by atoms with Crippen molar-refractivity contribution in [2.75, 3.05) is 11.9 Å². The monoisotopic (exact) mass is 348 g/mol. The number of benzene rings is 2. The Morgan fingerprint density at radius 1 is 1.15 bits per heavy atom. The summed E-state index contributed by atoms with van der Waals surface area (Å²) >= 11 is 0. The van der Waals surface area contributed by atoms with Gasteiger partial charge in [0.2, 0.25) is 0 Å². The van der Waals surface area contributed by atoms with E-state index < -0.39 is 0 Å². The van der Waals surface area contributed by atoms with E-state index in [4.69, 9.17) is 4.74 Å². The van der Waals surface area contributed by atoms with Gasteiger partial charge in [-0.2, -0.15) is 0 Å². The molecule has 0 atom stereocenters. The Morgan fingerprint density at radius 2 is 2.00 bits per heavy atom. The average Bonchev–Trinajstić information content (AvgIpc) is 3.12. The maximum atomic E-state index is 12.3. The van der Waals surface area contributed by atoms with Gasteiger partial charge in [0, 0.05) is 28.5 Å². The van der Waals surface area contributed by atoms with Gasteiger partial charge in [-0.25, -0.2) is 0 Å². The summed E-state index contributed by atoms with van der Waals surface area (Å²) in [7, 11) is 0. The number of rotatable bonds is 4. The lowest BCUT2D eigenvalue weighted by Crippen LogP contribution is -2.19. The van der Waals surface area contributed by atoms with Crippen molar-refractivity contribution in [1.29, 1.82) is 0 Å². The number of ether oxygens (including phenoxy) is 1. The van der Waals surface area contributed by atoms with Crippen LogP contribution in [0.1, 0.15) is 35.8 Å². The van der Waals surface area contributed by atoms with Crippen molar-refractivity contribution in [2.45, 2.75) is 26.5 Å². The van der Waals surface area contributed by atoms with Crippen molar-refractivity contribution in [1.82, 2.24) is 14.8 Å². The molecule has 0 fully saturated rings. The third-order valence-corrected chi connectivity index (χ3v) is 4.45. The lowest BCUT2D eigenvalue weighted by atomic mass is 10.00. The highest BCUT2D eigenvalue weighted by Gasteiger charge is 2.21. The first-order valence-electron chi connectivity index (χ1n) is 8.63. The minimum Gasteiger partial charge on any atom is -0.369 e. The standard InChI is InChI=1S/C20H20N4O2/c1-13(2)24-12-21-23-20(24)14-5-3-7-16(9-14)22-17-8-4-6-15-10-26-11-18(25)19(15)17/h3-9,12-13,22H,10-11H2,1-2H3. The summed E-state index contributed by atoms with van der Waals surface area (Å²) in [6, 6.07) is 14.0. The molecule has 0 saturated carbocycles. The van der Waals surface area contributed by atoms with Crippen LogP contribution in [0.4, 0.5) is 11.4 Å². The normalized spacial score (nSPS) is 13.7. The predicted molar refractivity (Wildman–Crippen MR) is 99.6 cm³/mol. The topological polar surface area (TPSA) is 69.0 Å². The summed E-state index contributed by atoms with van der Waals surface area (Å²) < 4.78 is 7.35. The quantitative estimate of drug-likeness (QED) is 0.772. The van der Waals surface area contributed by atoms with Crippen molar-refractivity contribution >= 4 is 17.2 Å². The lowest BCUT2D eigenvalue weighted by Gasteiger charge is -2.19. The molecule has 6 heteroatoms. The van der Waals surface area contributed by atoms with Crippen LogP contribution >= 0.6 is 0 Å². The molecule has 132 valence electrons. The molecule has 1 aliphatic heterocycles.